The van der Waals surface area contributed by atoms with Gasteiger partial charge in [0.1, 0.15) is 0 Å². The molecule has 1 aromatic carbocycles. The average Bonchev–Trinajstić information content (AvgIpc) is 2.38. The molecule has 5 nitrogen and oxygen atoms in total. The van der Waals surface area contributed by atoms with E-state index in [1.165, 1.54) is 7.11 Å². The number of hydrogen-bond acceptors (Lipinski definition) is 5. The molecule has 0 saturated carbocycles. The quantitative estimate of drug-likeness (QED) is 0.938. The number of rotatable bonds is 4. The van der Waals surface area contributed by atoms with E-state index >= 15 is 0 Å². The number of hydrogen-bond donors (Lipinski definition) is 1. The molecule has 1 heterocycles. The van der Waals surface area contributed by atoms with Crippen LogP contribution in [0.2, 0.25) is 10.0 Å². The molecule has 2 rings (SSSR count). The van der Waals surface area contributed by atoms with Gasteiger partial charge in [0, 0.05) is 17.1 Å². The van der Waals surface area contributed by atoms with Crippen LogP contribution < -0.4 is 10.1 Å². The standard InChI is InChI=1S/C12H12Cl2N4O/c1-3-15-11-16-10(17-12(18-11)19-2)8-5-4-7(13)6-9(8)14/h4-6H,3H2,1-2H3,(H,15,16,17,18). The van der Waals surface area contributed by atoms with Crippen LogP contribution in [-0.4, -0.2) is 28.6 Å². The van der Waals surface area contributed by atoms with Gasteiger partial charge in [-0.05, 0) is 25.1 Å². The summed E-state index contributed by atoms with van der Waals surface area (Å²) >= 11 is 12.0. The number of ether oxygens (including phenoxy) is 1. The molecule has 0 saturated heterocycles. The van der Waals surface area contributed by atoms with Crippen molar-refractivity contribution in [1.29, 1.82) is 0 Å². The van der Waals surface area contributed by atoms with Gasteiger partial charge >= 0.3 is 6.01 Å². The van der Waals surface area contributed by atoms with Crippen LogP contribution >= 0.6 is 23.2 Å². The van der Waals surface area contributed by atoms with Gasteiger partial charge in [0.25, 0.3) is 0 Å². The normalized spacial score (nSPS) is 10.3. The maximum absolute atomic E-state index is 6.14. The summed E-state index contributed by atoms with van der Waals surface area (Å²) in [6, 6.07) is 5.36. The van der Waals surface area contributed by atoms with Crippen molar-refractivity contribution >= 4 is 29.2 Å². The number of benzene rings is 1. The van der Waals surface area contributed by atoms with E-state index in [1.54, 1.807) is 18.2 Å². The van der Waals surface area contributed by atoms with Crippen LogP contribution in [0.1, 0.15) is 6.92 Å². The number of aromatic nitrogens is 3. The fraction of sp³-hybridized carbons (Fsp3) is 0.250. The molecular weight excluding hydrogens is 287 g/mol. The first-order valence-electron chi connectivity index (χ1n) is 5.63. The third kappa shape index (κ3) is 3.24. The summed E-state index contributed by atoms with van der Waals surface area (Å²) in [5.74, 6) is 0.875. The Morgan fingerprint density at radius 2 is 2.00 bits per heavy atom. The van der Waals surface area contributed by atoms with Gasteiger partial charge in [0.2, 0.25) is 5.95 Å². The number of anilines is 1. The van der Waals surface area contributed by atoms with E-state index < -0.39 is 0 Å². The Labute approximate surface area is 121 Å². The van der Waals surface area contributed by atoms with Gasteiger partial charge in [0.15, 0.2) is 5.82 Å². The molecular formula is C12H12Cl2N4O. The number of nitrogens with one attached hydrogen (secondary N) is 1. The second-order valence-electron chi connectivity index (χ2n) is 3.62. The SMILES string of the molecule is CCNc1nc(OC)nc(-c2ccc(Cl)cc2Cl)n1. The fourth-order valence-corrected chi connectivity index (χ4v) is 1.97. The molecule has 0 aliphatic heterocycles. The van der Waals surface area contributed by atoms with Gasteiger partial charge in [-0.15, -0.1) is 0 Å². The molecule has 0 bridgehead atoms. The lowest BCUT2D eigenvalue weighted by atomic mass is 10.2. The highest BCUT2D eigenvalue weighted by Crippen LogP contribution is 2.29. The second-order valence-corrected chi connectivity index (χ2v) is 4.47. The van der Waals surface area contributed by atoms with Crippen molar-refractivity contribution in [3.63, 3.8) is 0 Å². The largest absolute Gasteiger partial charge is 0.467 e. The lowest BCUT2D eigenvalue weighted by molar-refractivity contribution is 0.379. The van der Waals surface area contributed by atoms with Crippen LogP contribution in [-0.2, 0) is 0 Å². The Bertz CT molecular complexity index is 592. The molecule has 0 fully saturated rings. The van der Waals surface area contributed by atoms with Gasteiger partial charge in [-0.3, -0.25) is 0 Å². The molecule has 0 amide bonds. The molecule has 7 heteroatoms. The van der Waals surface area contributed by atoms with E-state index in [2.05, 4.69) is 20.3 Å². The monoisotopic (exact) mass is 298 g/mol. The predicted octanol–water partition coefficient (Wildman–Crippen LogP) is 3.29. The third-order valence-corrected chi connectivity index (χ3v) is 2.85. The van der Waals surface area contributed by atoms with E-state index in [0.29, 0.717) is 33.9 Å². The van der Waals surface area contributed by atoms with E-state index in [1.807, 2.05) is 6.92 Å². The highest BCUT2D eigenvalue weighted by molar-refractivity contribution is 6.36. The van der Waals surface area contributed by atoms with E-state index in [4.69, 9.17) is 27.9 Å². The maximum Gasteiger partial charge on any atom is 0.321 e. The number of halogens is 2. The zero-order valence-electron chi connectivity index (χ0n) is 10.4. The highest BCUT2D eigenvalue weighted by atomic mass is 35.5. The summed E-state index contributed by atoms with van der Waals surface area (Å²) in [5.41, 5.74) is 0.672. The minimum absolute atomic E-state index is 0.229. The lowest BCUT2D eigenvalue weighted by Gasteiger charge is -2.08. The number of methoxy groups -OCH3 is 1. The van der Waals surface area contributed by atoms with Crippen molar-refractivity contribution in [1.82, 2.24) is 15.0 Å². The smallest absolute Gasteiger partial charge is 0.321 e. The summed E-state index contributed by atoms with van der Waals surface area (Å²) in [6.07, 6.45) is 0. The predicted molar refractivity (Wildman–Crippen MR) is 76.0 cm³/mol. The number of nitrogens with zero attached hydrogens (tertiary/aromatic N) is 3. The summed E-state index contributed by atoms with van der Waals surface area (Å²) < 4.78 is 5.06. The van der Waals surface area contributed by atoms with E-state index in [0.717, 1.165) is 0 Å². The average molecular weight is 299 g/mol. The molecule has 19 heavy (non-hydrogen) atoms. The summed E-state index contributed by atoms with van der Waals surface area (Å²) in [7, 11) is 1.50. The van der Waals surface area contributed by atoms with Crippen LogP contribution in [0.3, 0.4) is 0 Å². The van der Waals surface area contributed by atoms with Gasteiger partial charge in [-0.25, -0.2) is 0 Å². The molecule has 0 aliphatic carbocycles. The Kier molecular flexibility index (Phi) is 4.39. The van der Waals surface area contributed by atoms with Crippen molar-refractivity contribution in [2.75, 3.05) is 19.0 Å². The summed E-state index contributed by atoms with van der Waals surface area (Å²) in [6.45, 7) is 2.65. The van der Waals surface area contributed by atoms with Crippen molar-refractivity contribution in [3.8, 4) is 17.4 Å². The molecule has 0 spiro atoms. The van der Waals surface area contributed by atoms with Crippen molar-refractivity contribution in [3.05, 3.63) is 28.2 Å². The topological polar surface area (TPSA) is 59.9 Å². The molecule has 1 aromatic heterocycles. The first kappa shape index (κ1) is 13.8. The Morgan fingerprint density at radius 1 is 1.21 bits per heavy atom. The minimum Gasteiger partial charge on any atom is -0.467 e. The molecule has 0 atom stereocenters. The third-order valence-electron chi connectivity index (χ3n) is 2.30. The van der Waals surface area contributed by atoms with Crippen LogP contribution in [0.15, 0.2) is 18.2 Å². The highest BCUT2D eigenvalue weighted by Gasteiger charge is 2.11. The molecule has 100 valence electrons. The van der Waals surface area contributed by atoms with Gasteiger partial charge in [0.05, 0.1) is 12.1 Å². The van der Waals surface area contributed by atoms with Crippen molar-refractivity contribution < 1.29 is 4.74 Å². The van der Waals surface area contributed by atoms with Gasteiger partial charge < -0.3 is 10.1 Å². The molecule has 1 N–H and O–H groups in total. The molecule has 2 aromatic rings. The van der Waals surface area contributed by atoms with Gasteiger partial charge in [-0.2, -0.15) is 15.0 Å². The van der Waals surface area contributed by atoms with Crippen LogP contribution in [0.5, 0.6) is 6.01 Å². The molecule has 0 radical (unpaired) electrons. The Morgan fingerprint density at radius 3 is 2.63 bits per heavy atom. The van der Waals surface area contributed by atoms with Gasteiger partial charge in [-0.1, -0.05) is 23.2 Å². The Hall–Kier alpha value is -1.59. The summed E-state index contributed by atoms with van der Waals surface area (Å²) in [5, 5.41) is 4.04. The van der Waals surface area contributed by atoms with E-state index in [9.17, 15) is 0 Å². The lowest BCUT2D eigenvalue weighted by Crippen LogP contribution is -2.06. The molecule has 0 unspecified atom stereocenters. The first-order valence-corrected chi connectivity index (χ1v) is 6.39. The van der Waals surface area contributed by atoms with Crippen molar-refractivity contribution in [2.24, 2.45) is 0 Å². The summed E-state index contributed by atoms with van der Waals surface area (Å²) in [4.78, 5) is 12.6. The van der Waals surface area contributed by atoms with Crippen LogP contribution in [0.4, 0.5) is 5.95 Å². The maximum atomic E-state index is 6.14. The van der Waals surface area contributed by atoms with Crippen LogP contribution in [0.25, 0.3) is 11.4 Å². The molecule has 0 aliphatic rings. The van der Waals surface area contributed by atoms with E-state index in [-0.39, 0.29) is 6.01 Å². The van der Waals surface area contributed by atoms with Crippen LogP contribution in [0, 0.1) is 0 Å². The van der Waals surface area contributed by atoms with Crippen molar-refractivity contribution in [2.45, 2.75) is 6.92 Å². The fourth-order valence-electron chi connectivity index (χ4n) is 1.48. The first-order chi connectivity index (χ1) is 9.13. The second kappa shape index (κ2) is 6.04. The Balaban J connectivity index is 2.51. The zero-order valence-corrected chi connectivity index (χ0v) is 12.0. The minimum atomic E-state index is 0.229. The zero-order chi connectivity index (χ0) is 13.8.